The molecule has 0 atom stereocenters. The van der Waals surface area contributed by atoms with Crippen LogP contribution in [0.3, 0.4) is 0 Å². The summed E-state index contributed by atoms with van der Waals surface area (Å²) >= 11 is 9.14. The summed E-state index contributed by atoms with van der Waals surface area (Å²) < 4.78 is 6.41. The van der Waals surface area contributed by atoms with Crippen LogP contribution in [-0.4, -0.2) is 16.6 Å². The number of hydrogen-bond acceptors (Lipinski definition) is 5. The number of aromatic nitrogens is 1. The fourth-order valence-electron chi connectivity index (χ4n) is 2.73. The quantitative estimate of drug-likeness (QED) is 0.361. The van der Waals surface area contributed by atoms with Crippen molar-refractivity contribution in [2.24, 2.45) is 0 Å². The molecule has 0 unspecified atom stereocenters. The molecule has 142 valence electrons. The van der Waals surface area contributed by atoms with Crippen LogP contribution >= 0.6 is 34.7 Å². The van der Waals surface area contributed by atoms with E-state index in [2.05, 4.69) is 17.1 Å². The van der Waals surface area contributed by atoms with Gasteiger partial charge < -0.3 is 4.42 Å². The molecule has 0 aliphatic rings. The molecule has 0 bridgehead atoms. The SMILES string of the molecule is O=C(CSCc1ccccc1)N(Cc1ccco1)c1nc2ccc(Cl)cc2s1. The van der Waals surface area contributed by atoms with Gasteiger partial charge in [-0.1, -0.05) is 53.3 Å². The summed E-state index contributed by atoms with van der Waals surface area (Å²) in [6, 6.07) is 19.4. The Morgan fingerprint density at radius 1 is 1.14 bits per heavy atom. The molecule has 0 saturated carbocycles. The van der Waals surface area contributed by atoms with Gasteiger partial charge in [0.2, 0.25) is 5.91 Å². The van der Waals surface area contributed by atoms with E-state index in [0.29, 0.717) is 22.5 Å². The zero-order chi connectivity index (χ0) is 19.3. The van der Waals surface area contributed by atoms with Crippen molar-refractivity contribution in [2.45, 2.75) is 12.3 Å². The molecule has 4 aromatic rings. The zero-order valence-electron chi connectivity index (χ0n) is 14.9. The molecule has 2 heterocycles. The van der Waals surface area contributed by atoms with Gasteiger partial charge in [0, 0.05) is 10.8 Å². The molecule has 0 radical (unpaired) electrons. The van der Waals surface area contributed by atoms with E-state index in [-0.39, 0.29) is 5.91 Å². The van der Waals surface area contributed by atoms with Crippen LogP contribution < -0.4 is 4.90 Å². The van der Waals surface area contributed by atoms with Gasteiger partial charge in [-0.2, -0.15) is 0 Å². The number of carbonyl (C=O) groups excluding carboxylic acids is 1. The molecular formula is C21H17ClN2O2S2. The normalized spacial score (nSPS) is 11.0. The van der Waals surface area contributed by atoms with Crippen LogP contribution in [0.5, 0.6) is 0 Å². The maximum Gasteiger partial charge on any atom is 0.239 e. The molecule has 1 amide bonds. The van der Waals surface area contributed by atoms with Gasteiger partial charge in [-0.05, 0) is 35.9 Å². The van der Waals surface area contributed by atoms with E-state index in [1.807, 2.05) is 48.5 Å². The predicted molar refractivity (Wildman–Crippen MR) is 117 cm³/mol. The fraction of sp³-hybridized carbons (Fsp3) is 0.143. The molecule has 28 heavy (non-hydrogen) atoms. The van der Waals surface area contributed by atoms with Gasteiger partial charge in [-0.25, -0.2) is 4.98 Å². The number of hydrogen-bond donors (Lipinski definition) is 0. The van der Waals surface area contributed by atoms with Gasteiger partial charge in [-0.3, -0.25) is 9.69 Å². The van der Waals surface area contributed by atoms with Crippen LogP contribution in [0.15, 0.2) is 71.3 Å². The number of fused-ring (bicyclic) bond motifs is 1. The Morgan fingerprint density at radius 3 is 2.79 bits per heavy atom. The Balaban J connectivity index is 1.52. The van der Waals surface area contributed by atoms with Crippen LogP contribution in [-0.2, 0) is 17.1 Å². The monoisotopic (exact) mass is 428 g/mol. The molecular weight excluding hydrogens is 412 g/mol. The first-order valence-electron chi connectivity index (χ1n) is 8.69. The first-order chi connectivity index (χ1) is 13.7. The highest BCUT2D eigenvalue weighted by atomic mass is 35.5. The average Bonchev–Trinajstić information content (AvgIpc) is 3.36. The predicted octanol–water partition coefficient (Wildman–Crippen LogP) is 6.01. The zero-order valence-corrected chi connectivity index (χ0v) is 17.3. The van der Waals surface area contributed by atoms with E-state index in [9.17, 15) is 4.79 Å². The Kier molecular flexibility index (Phi) is 6.00. The van der Waals surface area contributed by atoms with E-state index in [1.54, 1.807) is 22.9 Å². The molecule has 2 aromatic carbocycles. The van der Waals surface area contributed by atoms with Gasteiger partial charge in [0.25, 0.3) is 0 Å². The molecule has 0 N–H and O–H groups in total. The van der Waals surface area contributed by atoms with Crippen LogP contribution in [0.25, 0.3) is 10.2 Å². The highest BCUT2D eigenvalue weighted by Gasteiger charge is 2.21. The second-order valence-electron chi connectivity index (χ2n) is 6.15. The van der Waals surface area contributed by atoms with E-state index in [0.717, 1.165) is 21.7 Å². The third-order valence-electron chi connectivity index (χ3n) is 4.10. The van der Waals surface area contributed by atoms with Gasteiger partial charge >= 0.3 is 0 Å². The number of furan rings is 1. The Bertz CT molecular complexity index is 1060. The number of thioether (sulfide) groups is 1. The lowest BCUT2D eigenvalue weighted by Crippen LogP contribution is -2.31. The number of carbonyl (C=O) groups is 1. The maximum atomic E-state index is 13.0. The lowest BCUT2D eigenvalue weighted by atomic mass is 10.2. The third-order valence-corrected chi connectivity index (χ3v) is 6.37. The van der Waals surface area contributed by atoms with Gasteiger partial charge in [-0.15, -0.1) is 11.8 Å². The van der Waals surface area contributed by atoms with E-state index < -0.39 is 0 Å². The number of benzene rings is 2. The van der Waals surface area contributed by atoms with Crippen molar-refractivity contribution in [3.8, 4) is 0 Å². The number of anilines is 1. The topological polar surface area (TPSA) is 46.3 Å². The number of nitrogens with zero attached hydrogens (tertiary/aromatic N) is 2. The van der Waals surface area contributed by atoms with Gasteiger partial charge in [0.1, 0.15) is 5.76 Å². The first-order valence-corrected chi connectivity index (χ1v) is 11.0. The van der Waals surface area contributed by atoms with E-state index >= 15 is 0 Å². The lowest BCUT2D eigenvalue weighted by molar-refractivity contribution is -0.116. The molecule has 4 nitrogen and oxygen atoms in total. The van der Waals surface area contributed by atoms with Gasteiger partial charge in [0.05, 0.1) is 28.8 Å². The van der Waals surface area contributed by atoms with Crippen molar-refractivity contribution in [3.05, 3.63) is 83.3 Å². The maximum absolute atomic E-state index is 13.0. The van der Waals surface area contributed by atoms with E-state index in [4.69, 9.17) is 16.0 Å². The molecule has 0 saturated heterocycles. The van der Waals surface area contributed by atoms with E-state index in [1.165, 1.54) is 16.9 Å². The summed E-state index contributed by atoms with van der Waals surface area (Å²) in [5, 5.41) is 1.31. The Labute approximate surface area is 176 Å². The summed E-state index contributed by atoms with van der Waals surface area (Å²) in [4.78, 5) is 19.3. The third kappa shape index (κ3) is 4.58. The second kappa shape index (κ2) is 8.82. The summed E-state index contributed by atoms with van der Waals surface area (Å²) in [5.74, 6) is 1.88. The van der Waals surface area contributed by atoms with Crippen molar-refractivity contribution < 1.29 is 9.21 Å². The Morgan fingerprint density at radius 2 is 2.00 bits per heavy atom. The largest absolute Gasteiger partial charge is 0.467 e. The number of thiazole rings is 1. The highest BCUT2D eigenvalue weighted by Crippen LogP contribution is 2.32. The summed E-state index contributed by atoms with van der Waals surface area (Å²) in [5.41, 5.74) is 2.03. The molecule has 2 aromatic heterocycles. The van der Waals surface area contributed by atoms with Crippen LogP contribution in [0.4, 0.5) is 5.13 Å². The smallest absolute Gasteiger partial charge is 0.239 e. The standard InChI is InChI=1S/C21H17ClN2O2S2/c22-16-8-9-18-19(11-16)28-21(23-18)24(12-17-7-4-10-26-17)20(25)14-27-13-15-5-2-1-3-6-15/h1-11H,12-14H2. The minimum atomic E-state index is 0.00230. The summed E-state index contributed by atoms with van der Waals surface area (Å²) in [6.07, 6.45) is 1.61. The average molecular weight is 429 g/mol. The van der Waals surface area contributed by atoms with Crippen LogP contribution in [0.2, 0.25) is 5.02 Å². The molecule has 0 spiro atoms. The molecule has 4 rings (SSSR count). The molecule has 0 fully saturated rings. The minimum Gasteiger partial charge on any atom is -0.467 e. The van der Waals surface area contributed by atoms with Crippen molar-refractivity contribution in [1.29, 1.82) is 0 Å². The number of halogens is 1. The number of amides is 1. The molecule has 7 heteroatoms. The molecule has 0 aliphatic heterocycles. The lowest BCUT2D eigenvalue weighted by Gasteiger charge is -2.18. The van der Waals surface area contributed by atoms with Crippen LogP contribution in [0, 0.1) is 0 Å². The fourth-order valence-corrected chi connectivity index (χ4v) is 4.85. The van der Waals surface area contributed by atoms with Crippen molar-refractivity contribution in [2.75, 3.05) is 10.7 Å². The Hall–Kier alpha value is -2.28. The first kappa shape index (κ1) is 19.1. The summed E-state index contributed by atoms with van der Waals surface area (Å²) in [6.45, 7) is 0.352. The number of rotatable bonds is 7. The molecule has 0 aliphatic carbocycles. The van der Waals surface area contributed by atoms with Crippen molar-refractivity contribution >= 4 is 56.0 Å². The minimum absolute atomic E-state index is 0.00230. The van der Waals surface area contributed by atoms with Crippen molar-refractivity contribution in [3.63, 3.8) is 0 Å². The second-order valence-corrected chi connectivity index (χ2v) is 8.58. The van der Waals surface area contributed by atoms with Gasteiger partial charge in [0.15, 0.2) is 5.13 Å². The van der Waals surface area contributed by atoms with Crippen LogP contribution in [0.1, 0.15) is 11.3 Å². The summed E-state index contributed by atoms with van der Waals surface area (Å²) in [7, 11) is 0. The van der Waals surface area contributed by atoms with Crippen molar-refractivity contribution in [1.82, 2.24) is 4.98 Å². The highest BCUT2D eigenvalue weighted by molar-refractivity contribution is 7.99.